The molecule has 1 aliphatic rings. The number of hydrogen-bond acceptors (Lipinski definition) is 3. The summed E-state index contributed by atoms with van der Waals surface area (Å²) < 4.78 is 5.58. The Kier molecular flexibility index (Phi) is 3.15. The van der Waals surface area contributed by atoms with Crippen LogP contribution in [0.1, 0.15) is 32.4 Å². The molecule has 3 nitrogen and oxygen atoms in total. The van der Waals surface area contributed by atoms with E-state index < -0.39 is 0 Å². The maximum Gasteiger partial charge on any atom is 0.213 e. The molecule has 1 aromatic heterocycles. The van der Waals surface area contributed by atoms with Crippen molar-refractivity contribution in [3.05, 3.63) is 23.9 Å². The number of nitrogens with zero attached hydrogens (tertiary/aromatic N) is 1. The summed E-state index contributed by atoms with van der Waals surface area (Å²) in [7, 11) is 0. The smallest absolute Gasteiger partial charge is 0.213 e. The molecule has 0 bridgehead atoms. The van der Waals surface area contributed by atoms with Gasteiger partial charge in [0.2, 0.25) is 5.88 Å². The fourth-order valence-electron chi connectivity index (χ4n) is 1.88. The second-order valence-electron chi connectivity index (χ2n) is 5.01. The quantitative estimate of drug-likeness (QED) is 0.827. The highest BCUT2D eigenvalue weighted by atomic mass is 16.5. The number of pyridine rings is 1. The van der Waals surface area contributed by atoms with Gasteiger partial charge in [-0.15, -0.1) is 0 Å². The van der Waals surface area contributed by atoms with E-state index in [9.17, 15) is 0 Å². The predicted octanol–water partition coefficient (Wildman–Crippen LogP) is 2.15. The zero-order valence-corrected chi connectivity index (χ0v) is 10.1. The lowest BCUT2D eigenvalue weighted by molar-refractivity contribution is 0.231. The lowest BCUT2D eigenvalue weighted by Gasteiger charge is -2.13. The molecule has 1 fully saturated rings. The van der Waals surface area contributed by atoms with Crippen LogP contribution in [-0.2, 0) is 6.42 Å². The van der Waals surface area contributed by atoms with Crippen LogP contribution in [-0.4, -0.2) is 17.6 Å². The van der Waals surface area contributed by atoms with Gasteiger partial charge in [-0.3, -0.25) is 0 Å². The molecule has 1 saturated carbocycles. The Morgan fingerprint density at radius 2 is 2.19 bits per heavy atom. The van der Waals surface area contributed by atoms with E-state index >= 15 is 0 Å². The van der Waals surface area contributed by atoms with Crippen molar-refractivity contribution in [1.29, 1.82) is 0 Å². The molecule has 0 radical (unpaired) electrons. The van der Waals surface area contributed by atoms with Gasteiger partial charge in [-0.25, -0.2) is 4.98 Å². The van der Waals surface area contributed by atoms with Crippen LogP contribution >= 0.6 is 0 Å². The van der Waals surface area contributed by atoms with Gasteiger partial charge in [-0.1, -0.05) is 6.07 Å². The lowest BCUT2D eigenvalue weighted by Crippen LogP contribution is -2.18. The molecule has 1 aromatic rings. The normalized spacial score (nSPS) is 17.5. The van der Waals surface area contributed by atoms with E-state index in [0.29, 0.717) is 5.41 Å². The third-order valence-electron chi connectivity index (χ3n) is 3.08. The van der Waals surface area contributed by atoms with Crippen LogP contribution in [0.15, 0.2) is 18.2 Å². The van der Waals surface area contributed by atoms with Gasteiger partial charge in [0.05, 0.1) is 6.10 Å². The van der Waals surface area contributed by atoms with Crippen LogP contribution < -0.4 is 10.5 Å². The molecule has 16 heavy (non-hydrogen) atoms. The summed E-state index contributed by atoms with van der Waals surface area (Å²) in [5.74, 6) is 0.723. The molecule has 1 heterocycles. The fourth-order valence-corrected chi connectivity index (χ4v) is 1.88. The van der Waals surface area contributed by atoms with Crippen LogP contribution in [0.2, 0.25) is 0 Å². The molecule has 2 N–H and O–H groups in total. The monoisotopic (exact) mass is 220 g/mol. The molecule has 1 aliphatic carbocycles. The Bertz CT molecular complexity index is 359. The minimum absolute atomic E-state index is 0.173. The standard InChI is InChI=1S/C13H20N2O/c1-10(2)16-12-5-3-4-11(15-12)8-13(9-14)6-7-13/h3-5,10H,6-9,14H2,1-2H3. The van der Waals surface area contributed by atoms with Gasteiger partial charge in [-0.05, 0) is 51.1 Å². The van der Waals surface area contributed by atoms with E-state index in [2.05, 4.69) is 11.1 Å². The topological polar surface area (TPSA) is 48.1 Å². The molecular weight excluding hydrogens is 200 g/mol. The van der Waals surface area contributed by atoms with Crippen LogP contribution in [0.5, 0.6) is 5.88 Å². The van der Waals surface area contributed by atoms with Crippen molar-refractivity contribution in [2.24, 2.45) is 11.1 Å². The molecule has 0 unspecified atom stereocenters. The first-order chi connectivity index (χ1) is 7.63. The second-order valence-corrected chi connectivity index (χ2v) is 5.01. The molecule has 0 aromatic carbocycles. The third kappa shape index (κ3) is 2.73. The van der Waals surface area contributed by atoms with Gasteiger partial charge in [0.15, 0.2) is 0 Å². The van der Waals surface area contributed by atoms with Crippen LogP contribution in [0.3, 0.4) is 0 Å². The predicted molar refractivity (Wildman–Crippen MR) is 64.4 cm³/mol. The van der Waals surface area contributed by atoms with Gasteiger partial charge in [0, 0.05) is 11.8 Å². The number of hydrogen-bond donors (Lipinski definition) is 1. The highest BCUT2D eigenvalue weighted by Crippen LogP contribution is 2.47. The fraction of sp³-hybridized carbons (Fsp3) is 0.615. The molecule has 2 rings (SSSR count). The van der Waals surface area contributed by atoms with E-state index in [0.717, 1.165) is 24.5 Å². The Balaban J connectivity index is 2.04. The first-order valence-corrected chi connectivity index (χ1v) is 5.96. The molecule has 0 atom stereocenters. The number of ether oxygens (including phenoxy) is 1. The van der Waals surface area contributed by atoms with Crippen LogP contribution in [0, 0.1) is 5.41 Å². The summed E-state index contributed by atoms with van der Waals surface area (Å²) in [6.07, 6.45) is 3.63. The zero-order chi connectivity index (χ0) is 11.6. The lowest BCUT2D eigenvalue weighted by atomic mass is 10.0. The van der Waals surface area contributed by atoms with Gasteiger partial charge >= 0.3 is 0 Å². The molecule has 0 spiro atoms. The largest absolute Gasteiger partial charge is 0.475 e. The highest BCUT2D eigenvalue weighted by molar-refractivity contribution is 5.18. The molecule has 0 aliphatic heterocycles. The van der Waals surface area contributed by atoms with Crippen molar-refractivity contribution in [3.63, 3.8) is 0 Å². The minimum atomic E-state index is 0.173. The summed E-state index contributed by atoms with van der Waals surface area (Å²) >= 11 is 0. The van der Waals surface area contributed by atoms with Crippen molar-refractivity contribution in [3.8, 4) is 5.88 Å². The Labute approximate surface area is 97.0 Å². The highest BCUT2D eigenvalue weighted by Gasteiger charge is 2.41. The first-order valence-electron chi connectivity index (χ1n) is 5.96. The summed E-state index contributed by atoms with van der Waals surface area (Å²) in [4.78, 5) is 4.51. The molecular formula is C13H20N2O. The van der Waals surface area contributed by atoms with Gasteiger partial charge in [0.25, 0.3) is 0 Å². The Morgan fingerprint density at radius 3 is 2.75 bits per heavy atom. The summed E-state index contributed by atoms with van der Waals surface area (Å²) in [5.41, 5.74) is 7.21. The molecule has 3 heteroatoms. The Morgan fingerprint density at radius 1 is 1.44 bits per heavy atom. The van der Waals surface area contributed by atoms with E-state index in [4.69, 9.17) is 10.5 Å². The average Bonchev–Trinajstić information content (AvgIpc) is 2.98. The summed E-state index contributed by atoms with van der Waals surface area (Å²) in [5, 5.41) is 0. The third-order valence-corrected chi connectivity index (χ3v) is 3.08. The Hall–Kier alpha value is -1.09. The van der Waals surface area contributed by atoms with Gasteiger partial charge in [0.1, 0.15) is 0 Å². The maximum atomic E-state index is 5.78. The van der Waals surface area contributed by atoms with Crippen LogP contribution in [0.25, 0.3) is 0 Å². The number of rotatable bonds is 5. The molecule has 0 amide bonds. The van der Waals surface area contributed by atoms with Gasteiger partial charge in [-0.2, -0.15) is 0 Å². The van der Waals surface area contributed by atoms with Crippen molar-refractivity contribution in [2.75, 3.05) is 6.54 Å². The van der Waals surface area contributed by atoms with E-state index in [-0.39, 0.29) is 6.10 Å². The van der Waals surface area contributed by atoms with E-state index in [1.54, 1.807) is 0 Å². The average molecular weight is 220 g/mol. The maximum absolute atomic E-state index is 5.78. The first kappa shape index (κ1) is 11.4. The number of aromatic nitrogens is 1. The second kappa shape index (κ2) is 4.42. The van der Waals surface area contributed by atoms with Crippen molar-refractivity contribution in [1.82, 2.24) is 4.98 Å². The van der Waals surface area contributed by atoms with Crippen molar-refractivity contribution in [2.45, 2.75) is 39.2 Å². The number of nitrogens with two attached hydrogens (primary N) is 1. The van der Waals surface area contributed by atoms with Crippen molar-refractivity contribution >= 4 is 0 Å². The van der Waals surface area contributed by atoms with E-state index in [1.165, 1.54) is 12.8 Å². The van der Waals surface area contributed by atoms with Gasteiger partial charge < -0.3 is 10.5 Å². The van der Waals surface area contributed by atoms with Crippen LogP contribution in [0.4, 0.5) is 0 Å². The van der Waals surface area contributed by atoms with E-state index in [1.807, 2.05) is 26.0 Å². The zero-order valence-electron chi connectivity index (χ0n) is 10.1. The van der Waals surface area contributed by atoms with Crippen molar-refractivity contribution < 1.29 is 4.74 Å². The molecule has 0 saturated heterocycles. The minimum Gasteiger partial charge on any atom is -0.475 e. The summed E-state index contributed by atoms with van der Waals surface area (Å²) in [6.45, 7) is 4.79. The molecule has 88 valence electrons. The SMILES string of the molecule is CC(C)Oc1cccc(CC2(CN)CC2)n1. The summed E-state index contributed by atoms with van der Waals surface area (Å²) in [6, 6.07) is 5.97.